The van der Waals surface area contributed by atoms with E-state index in [9.17, 15) is 4.79 Å². The second kappa shape index (κ2) is 8.52. The lowest BCUT2D eigenvalue weighted by Gasteiger charge is -2.07. The van der Waals surface area contributed by atoms with Crippen molar-refractivity contribution < 1.29 is 9.32 Å². The highest BCUT2D eigenvalue weighted by atomic mass is 35.5. The number of carbonyl (C=O) groups excluding carboxylic acids is 1. The Labute approximate surface area is 195 Å². The minimum atomic E-state index is -0.327. The molecule has 1 amide bonds. The van der Waals surface area contributed by atoms with Crippen molar-refractivity contribution in [3.63, 3.8) is 0 Å². The maximum absolute atomic E-state index is 12.7. The number of nitrogens with zero attached hydrogens (tertiary/aromatic N) is 4. The number of hydrogen-bond donors (Lipinski definition) is 1. The van der Waals surface area contributed by atoms with Gasteiger partial charge in [0.2, 0.25) is 0 Å². The summed E-state index contributed by atoms with van der Waals surface area (Å²) in [6.07, 6.45) is 1.59. The van der Waals surface area contributed by atoms with E-state index in [0.29, 0.717) is 27.9 Å². The molecule has 5 rings (SSSR count). The molecule has 0 spiro atoms. The van der Waals surface area contributed by atoms with Crippen LogP contribution in [0, 0.1) is 0 Å². The molecule has 2 heterocycles. The number of rotatable bonds is 5. The summed E-state index contributed by atoms with van der Waals surface area (Å²) < 4.78 is 7.11. The van der Waals surface area contributed by atoms with Gasteiger partial charge in [-0.3, -0.25) is 4.79 Å². The fourth-order valence-electron chi connectivity index (χ4n) is 3.52. The number of aromatic nitrogens is 4. The second-order valence-electron chi connectivity index (χ2n) is 8.00. The van der Waals surface area contributed by atoms with Crippen LogP contribution in [0.2, 0.25) is 5.02 Å². The number of halogens is 1. The molecule has 0 aliphatic carbocycles. The topological polar surface area (TPSA) is 85.8 Å². The van der Waals surface area contributed by atoms with Crippen molar-refractivity contribution in [2.75, 3.05) is 5.32 Å². The van der Waals surface area contributed by atoms with Crippen LogP contribution in [0.5, 0.6) is 0 Å². The standard InChI is InChI=1S/C25H20ClN5O2/c1-15(2)16-5-9-19(10-6-16)27-25(32)23-14-31(30-28-23)20-11-12-22-21(13-20)24(33-29-22)17-3-7-18(26)8-4-17/h3-15H,1-2H3,(H,27,32). The summed E-state index contributed by atoms with van der Waals surface area (Å²) in [6.45, 7) is 4.25. The Morgan fingerprint density at radius 1 is 1.03 bits per heavy atom. The van der Waals surface area contributed by atoms with Crippen LogP contribution in [-0.4, -0.2) is 26.1 Å². The molecule has 0 saturated carbocycles. The van der Waals surface area contributed by atoms with Crippen molar-refractivity contribution in [1.82, 2.24) is 20.2 Å². The first-order valence-electron chi connectivity index (χ1n) is 10.5. The number of anilines is 1. The van der Waals surface area contributed by atoms with Gasteiger partial charge in [0.1, 0.15) is 5.52 Å². The molecule has 3 aromatic carbocycles. The summed E-state index contributed by atoms with van der Waals surface area (Å²) in [6, 6.07) is 20.7. The van der Waals surface area contributed by atoms with Crippen molar-refractivity contribution in [3.8, 4) is 17.0 Å². The summed E-state index contributed by atoms with van der Waals surface area (Å²) in [4.78, 5) is 12.7. The summed E-state index contributed by atoms with van der Waals surface area (Å²) in [7, 11) is 0. The van der Waals surface area contributed by atoms with Crippen LogP contribution in [0.15, 0.2) is 77.4 Å². The quantitative estimate of drug-likeness (QED) is 0.344. The molecule has 0 unspecified atom stereocenters. The Morgan fingerprint density at radius 3 is 2.52 bits per heavy atom. The predicted octanol–water partition coefficient (Wildman–Crippen LogP) is 6.10. The highest BCUT2D eigenvalue weighted by Crippen LogP contribution is 2.31. The third-order valence-corrected chi connectivity index (χ3v) is 5.64. The van der Waals surface area contributed by atoms with Gasteiger partial charge in [0.15, 0.2) is 11.5 Å². The molecule has 7 nitrogen and oxygen atoms in total. The van der Waals surface area contributed by atoms with Gasteiger partial charge in [-0.15, -0.1) is 5.10 Å². The molecule has 8 heteroatoms. The lowest BCUT2D eigenvalue weighted by atomic mass is 10.0. The maximum atomic E-state index is 12.7. The Hall–Kier alpha value is -3.97. The molecule has 0 atom stereocenters. The number of benzene rings is 3. The van der Waals surface area contributed by atoms with Crippen LogP contribution in [0.1, 0.15) is 35.8 Å². The molecule has 0 radical (unpaired) electrons. The van der Waals surface area contributed by atoms with Gasteiger partial charge in [-0.1, -0.05) is 48.0 Å². The van der Waals surface area contributed by atoms with Crippen molar-refractivity contribution >= 4 is 34.1 Å². The highest BCUT2D eigenvalue weighted by molar-refractivity contribution is 6.30. The van der Waals surface area contributed by atoms with Crippen LogP contribution in [0.4, 0.5) is 5.69 Å². The van der Waals surface area contributed by atoms with E-state index in [1.54, 1.807) is 23.0 Å². The molecule has 164 valence electrons. The molecule has 33 heavy (non-hydrogen) atoms. The maximum Gasteiger partial charge on any atom is 0.277 e. The number of nitrogens with one attached hydrogen (secondary N) is 1. The van der Waals surface area contributed by atoms with Crippen molar-refractivity contribution in [3.05, 3.63) is 89.2 Å². The van der Waals surface area contributed by atoms with Crippen molar-refractivity contribution in [2.45, 2.75) is 19.8 Å². The third-order valence-electron chi connectivity index (χ3n) is 5.39. The van der Waals surface area contributed by atoms with Gasteiger partial charge in [-0.05, 0) is 66.1 Å². The molecule has 2 aromatic heterocycles. The lowest BCUT2D eigenvalue weighted by Crippen LogP contribution is -2.12. The van der Waals surface area contributed by atoms with Crippen LogP contribution >= 0.6 is 11.6 Å². The SMILES string of the molecule is CC(C)c1ccc(NC(=O)c2cn(-c3ccc4noc(-c5ccc(Cl)cc5)c4c3)nn2)cc1. The molecule has 1 N–H and O–H groups in total. The largest absolute Gasteiger partial charge is 0.355 e. The monoisotopic (exact) mass is 457 g/mol. The fraction of sp³-hybridized carbons (Fsp3) is 0.120. The molecule has 0 aliphatic rings. The van der Waals surface area contributed by atoms with E-state index in [0.717, 1.165) is 16.6 Å². The minimum absolute atomic E-state index is 0.214. The second-order valence-corrected chi connectivity index (χ2v) is 8.44. The smallest absolute Gasteiger partial charge is 0.277 e. The van der Waals surface area contributed by atoms with Gasteiger partial charge < -0.3 is 9.84 Å². The zero-order chi connectivity index (χ0) is 22.9. The van der Waals surface area contributed by atoms with Crippen LogP contribution in [0.3, 0.4) is 0 Å². The Balaban J connectivity index is 1.39. The minimum Gasteiger partial charge on any atom is -0.355 e. The fourth-order valence-corrected chi connectivity index (χ4v) is 3.65. The Kier molecular flexibility index (Phi) is 5.40. The van der Waals surface area contributed by atoms with Gasteiger partial charge in [0, 0.05) is 16.3 Å². The summed E-state index contributed by atoms with van der Waals surface area (Å²) in [5, 5.41) is 16.6. The number of hydrogen-bond acceptors (Lipinski definition) is 5. The van der Waals surface area contributed by atoms with Crippen molar-refractivity contribution in [1.29, 1.82) is 0 Å². The van der Waals surface area contributed by atoms with E-state index in [-0.39, 0.29) is 11.6 Å². The molecule has 0 aliphatic heterocycles. The highest BCUT2D eigenvalue weighted by Gasteiger charge is 2.15. The molecule has 0 bridgehead atoms. The van der Waals surface area contributed by atoms with Gasteiger partial charge in [0.25, 0.3) is 5.91 Å². The van der Waals surface area contributed by atoms with Gasteiger partial charge >= 0.3 is 0 Å². The normalized spacial score (nSPS) is 11.3. The third kappa shape index (κ3) is 4.23. The Bertz CT molecular complexity index is 1440. The molecular formula is C25H20ClN5O2. The molecule has 5 aromatic rings. The van der Waals surface area contributed by atoms with Crippen LogP contribution in [-0.2, 0) is 0 Å². The van der Waals surface area contributed by atoms with E-state index < -0.39 is 0 Å². The zero-order valence-corrected chi connectivity index (χ0v) is 18.7. The van der Waals surface area contributed by atoms with Crippen LogP contribution < -0.4 is 5.32 Å². The van der Waals surface area contributed by atoms with E-state index >= 15 is 0 Å². The average Bonchev–Trinajstić information content (AvgIpc) is 3.47. The van der Waals surface area contributed by atoms with Crippen LogP contribution in [0.25, 0.3) is 27.9 Å². The van der Waals surface area contributed by atoms with Crippen molar-refractivity contribution in [2.24, 2.45) is 0 Å². The first-order valence-corrected chi connectivity index (χ1v) is 10.8. The molecule has 0 fully saturated rings. The van der Waals surface area contributed by atoms with Gasteiger partial charge in [-0.2, -0.15) is 0 Å². The summed E-state index contributed by atoms with van der Waals surface area (Å²) in [5.74, 6) is 0.732. The number of carbonyl (C=O) groups is 1. The molecule has 0 saturated heterocycles. The van der Waals surface area contributed by atoms with E-state index in [1.807, 2.05) is 54.6 Å². The molecular weight excluding hydrogens is 438 g/mol. The number of fused-ring (bicyclic) bond motifs is 1. The predicted molar refractivity (Wildman–Crippen MR) is 128 cm³/mol. The number of amides is 1. The van der Waals surface area contributed by atoms with E-state index in [2.05, 4.69) is 34.6 Å². The van der Waals surface area contributed by atoms with E-state index in [4.69, 9.17) is 16.1 Å². The summed E-state index contributed by atoms with van der Waals surface area (Å²) >= 11 is 6.00. The summed E-state index contributed by atoms with van der Waals surface area (Å²) in [5.41, 5.74) is 4.44. The zero-order valence-electron chi connectivity index (χ0n) is 18.0. The Morgan fingerprint density at radius 2 is 1.79 bits per heavy atom. The van der Waals surface area contributed by atoms with Gasteiger partial charge in [0.05, 0.1) is 17.3 Å². The first kappa shape index (κ1) is 20.9. The first-order chi connectivity index (χ1) is 16.0. The van der Waals surface area contributed by atoms with Gasteiger partial charge in [-0.25, -0.2) is 4.68 Å². The van der Waals surface area contributed by atoms with E-state index in [1.165, 1.54) is 5.56 Å². The average molecular weight is 458 g/mol. The lowest BCUT2D eigenvalue weighted by molar-refractivity contribution is 0.102.